The van der Waals surface area contributed by atoms with E-state index in [0.717, 1.165) is 5.56 Å². The minimum absolute atomic E-state index is 0.250. The summed E-state index contributed by atoms with van der Waals surface area (Å²) in [7, 11) is 4.52. The van der Waals surface area contributed by atoms with Gasteiger partial charge in [-0.1, -0.05) is 18.2 Å². The van der Waals surface area contributed by atoms with E-state index in [2.05, 4.69) is 0 Å². The van der Waals surface area contributed by atoms with Crippen LogP contribution >= 0.6 is 0 Å². The van der Waals surface area contributed by atoms with Gasteiger partial charge in [0.05, 0.1) is 7.11 Å². The molecule has 5 nitrogen and oxygen atoms in total. The first-order chi connectivity index (χ1) is 11.1. The third-order valence-corrected chi connectivity index (χ3v) is 4.27. The van der Waals surface area contributed by atoms with Crippen molar-refractivity contribution in [1.82, 2.24) is 0 Å². The van der Waals surface area contributed by atoms with Crippen molar-refractivity contribution >= 4 is 0 Å². The molecule has 0 saturated heterocycles. The maximum Gasteiger partial charge on any atom is 0.292 e. The summed E-state index contributed by atoms with van der Waals surface area (Å²) in [6.07, 6.45) is 0.250. The Balaban J connectivity index is 2.14. The Bertz CT molecular complexity index is 684. The molecule has 23 heavy (non-hydrogen) atoms. The van der Waals surface area contributed by atoms with Crippen LogP contribution in [0.15, 0.2) is 48.5 Å². The third-order valence-electron chi connectivity index (χ3n) is 4.27. The van der Waals surface area contributed by atoms with E-state index in [1.165, 1.54) is 14.2 Å². The first-order valence-corrected chi connectivity index (χ1v) is 7.32. The molecule has 0 fully saturated rings. The van der Waals surface area contributed by atoms with E-state index in [0.29, 0.717) is 17.1 Å². The van der Waals surface area contributed by atoms with E-state index in [9.17, 15) is 5.11 Å². The Morgan fingerprint density at radius 1 is 0.957 bits per heavy atom. The van der Waals surface area contributed by atoms with Crippen LogP contribution in [0.1, 0.15) is 11.1 Å². The quantitative estimate of drug-likeness (QED) is 0.878. The Hall–Kier alpha value is -2.08. The van der Waals surface area contributed by atoms with Crippen LogP contribution in [-0.2, 0) is 21.7 Å². The van der Waals surface area contributed by atoms with Gasteiger partial charge in [0.1, 0.15) is 11.5 Å². The van der Waals surface area contributed by atoms with Crippen molar-refractivity contribution in [3.05, 3.63) is 59.7 Å². The second-order valence-corrected chi connectivity index (χ2v) is 5.42. The van der Waals surface area contributed by atoms with Crippen LogP contribution in [0, 0.1) is 0 Å². The smallest absolute Gasteiger partial charge is 0.292 e. The molecule has 122 valence electrons. The fourth-order valence-electron chi connectivity index (χ4n) is 2.98. The summed E-state index contributed by atoms with van der Waals surface area (Å²) >= 11 is 0. The molecular weight excluding hydrogens is 296 g/mol. The molecule has 0 aliphatic carbocycles. The maximum atomic E-state index is 11.1. The zero-order chi connectivity index (χ0) is 16.5. The maximum absolute atomic E-state index is 11.1. The fraction of sp³-hybridized carbons (Fsp3) is 0.333. The Morgan fingerprint density at radius 2 is 1.65 bits per heavy atom. The lowest BCUT2D eigenvalue weighted by Crippen LogP contribution is -2.61. The monoisotopic (exact) mass is 316 g/mol. The first-order valence-electron chi connectivity index (χ1n) is 7.32. The number of benzene rings is 2. The Kier molecular flexibility index (Phi) is 4.02. The number of methoxy groups -OCH3 is 3. The van der Waals surface area contributed by atoms with Gasteiger partial charge in [-0.15, -0.1) is 0 Å². The average molecular weight is 316 g/mol. The summed E-state index contributed by atoms with van der Waals surface area (Å²) in [6.45, 7) is 0. The SMILES string of the molecule is COc1ccc(C2(OC)Oc3ccccc3CC2(O)OC)cc1. The van der Waals surface area contributed by atoms with Crippen molar-refractivity contribution in [1.29, 1.82) is 0 Å². The van der Waals surface area contributed by atoms with Crippen LogP contribution < -0.4 is 9.47 Å². The molecule has 1 heterocycles. The van der Waals surface area contributed by atoms with E-state index in [1.54, 1.807) is 31.4 Å². The predicted octanol–water partition coefficient (Wildman–Crippen LogP) is 2.46. The van der Waals surface area contributed by atoms with Crippen molar-refractivity contribution in [2.75, 3.05) is 21.3 Å². The van der Waals surface area contributed by atoms with Gasteiger partial charge < -0.3 is 24.1 Å². The van der Waals surface area contributed by atoms with E-state index in [1.807, 2.05) is 24.3 Å². The second kappa shape index (κ2) is 5.85. The molecular formula is C18H20O5. The van der Waals surface area contributed by atoms with Gasteiger partial charge in [0.25, 0.3) is 5.79 Å². The molecule has 0 radical (unpaired) electrons. The third kappa shape index (κ3) is 2.37. The zero-order valence-electron chi connectivity index (χ0n) is 13.4. The highest BCUT2D eigenvalue weighted by Crippen LogP contribution is 2.46. The molecule has 5 heteroatoms. The number of hydrogen-bond donors (Lipinski definition) is 1. The Morgan fingerprint density at radius 3 is 2.26 bits per heavy atom. The molecule has 1 aliphatic heterocycles. The lowest BCUT2D eigenvalue weighted by atomic mass is 9.88. The van der Waals surface area contributed by atoms with E-state index < -0.39 is 11.6 Å². The van der Waals surface area contributed by atoms with Crippen molar-refractivity contribution < 1.29 is 24.1 Å². The molecule has 0 amide bonds. The highest BCUT2D eigenvalue weighted by atomic mass is 16.8. The van der Waals surface area contributed by atoms with Crippen molar-refractivity contribution in [2.45, 2.75) is 18.0 Å². The van der Waals surface area contributed by atoms with E-state index in [-0.39, 0.29) is 6.42 Å². The number of rotatable bonds is 4. The van der Waals surface area contributed by atoms with Crippen LogP contribution in [0.5, 0.6) is 11.5 Å². The van der Waals surface area contributed by atoms with Crippen LogP contribution in [0.4, 0.5) is 0 Å². The molecule has 0 spiro atoms. The molecule has 1 aliphatic rings. The number of hydrogen-bond acceptors (Lipinski definition) is 5. The van der Waals surface area contributed by atoms with E-state index >= 15 is 0 Å². The minimum atomic E-state index is -1.66. The second-order valence-electron chi connectivity index (χ2n) is 5.42. The normalized spacial score (nSPS) is 26.3. The summed E-state index contributed by atoms with van der Waals surface area (Å²) in [5, 5.41) is 11.1. The summed E-state index contributed by atoms with van der Waals surface area (Å²) in [5.74, 6) is -1.77. The standard InChI is InChI=1S/C18H20O5/c1-20-15-10-8-14(9-11-15)18(22-3)17(19,21-2)12-13-6-4-5-7-16(13)23-18/h4-11,19H,12H2,1-3H3. The van der Waals surface area contributed by atoms with Crippen molar-refractivity contribution in [3.8, 4) is 11.5 Å². The highest BCUT2D eigenvalue weighted by molar-refractivity contribution is 5.41. The molecule has 2 aromatic rings. The van der Waals surface area contributed by atoms with Gasteiger partial charge in [0.2, 0.25) is 5.79 Å². The lowest BCUT2D eigenvalue weighted by molar-refractivity contribution is -0.376. The van der Waals surface area contributed by atoms with Gasteiger partial charge >= 0.3 is 0 Å². The van der Waals surface area contributed by atoms with Crippen molar-refractivity contribution in [3.63, 3.8) is 0 Å². The number of para-hydroxylation sites is 1. The highest BCUT2D eigenvalue weighted by Gasteiger charge is 2.59. The van der Waals surface area contributed by atoms with Gasteiger partial charge in [0, 0.05) is 26.2 Å². The van der Waals surface area contributed by atoms with Gasteiger partial charge in [-0.2, -0.15) is 0 Å². The molecule has 2 aromatic carbocycles. The number of ether oxygens (including phenoxy) is 4. The van der Waals surface area contributed by atoms with Gasteiger partial charge in [-0.05, 0) is 35.9 Å². The van der Waals surface area contributed by atoms with Gasteiger partial charge in [-0.25, -0.2) is 0 Å². The molecule has 0 saturated carbocycles. The largest absolute Gasteiger partial charge is 0.497 e. The van der Waals surface area contributed by atoms with Crippen LogP contribution in [0.3, 0.4) is 0 Å². The predicted molar refractivity (Wildman–Crippen MR) is 84.4 cm³/mol. The van der Waals surface area contributed by atoms with Crippen LogP contribution in [-0.4, -0.2) is 32.2 Å². The Labute approximate surface area is 135 Å². The average Bonchev–Trinajstić information content (AvgIpc) is 2.61. The number of aliphatic hydroxyl groups is 1. The van der Waals surface area contributed by atoms with Crippen LogP contribution in [0.2, 0.25) is 0 Å². The summed E-state index contributed by atoms with van der Waals surface area (Å²) in [6, 6.07) is 14.7. The summed E-state index contributed by atoms with van der Waals surface area (Å²) in [5.41, 5.74) is 1.50. The van der Waals surface area contributed by atoms with Crippen molar-refractivity contribution in [2.24, 2.45) is 0 Å². The van der Waals surface area contributed by atoms with Gasteiger partial charge in [0.15, 0.2) is 0 Å². The fourth-order valence-corrected chi connectivity index (χ4v) is 2.98. The van der Waals surface area contributed by atoms with E-state index in [4.69, 9.17) is 18.9 Å². The lowest BCUT2D eigenvalue weighted by Gasteiger charge is -2.47. The molecule has 0 aromatic heterocycles. The first kappa shape index (κ1) is 15.8. The number of fused-ring (bicyclic) bond motifs is 1. The molecule has 2 atom stereocenters. The minimum Gasteiger partial charge on any atom is -0.497 e. The molecule has 0 bridgehead atoms. The topological polar surface area (TPSA) is 57.2 Å². The molecule has 1 N–H and O–H groups in total. The summed E-state index contributed by atoms with van der Waals surface area (Å²) in [4.78, 5) is 0. The molecule has 3 rings (SSSR count). The summed E-state index contributed by atoms with van der Waals surface area (Å²) < 4.78 is 22.4. The molecule has 2 unspecified atom stereocenters. The van der Waals surface area contributed by atoms with Crippen LogP contribution in [0.25, 0.3) is 0 Å². The zero-order valence-corrected chi connectivity index (χ0v) is 13.4. The van der Waals surface area contributed by atoms with Gasteiger partial charge in [-0.3, -0.25) is 0 Å².